The van der Waals surface area contributed by atoms with Crippen molar-refractivity contribution < 1.29 is 4.42 Å². The minimum absolute atomic E-state index is 0.509. The standard InChI is InChI=1S/C9H15NOS/c1-7-3-4-11-9(7)6-12-8(2)5-10/h3-4,8H,5-6,10H2,1-2H3. The van der Waals surface area contributed by atoms with Gasteiger partial charge in [0, 0.05) is 11.8 Å². The molecule has 1 aromatic rings. The summed E-state index contributed by atoms with van der Waals surface area (Å²) < 4.78 is 5.30. The maximum atomic E-state index is 5.50. The number of rotatable bonds is 4. The van der Waals surface area contributed by atoms with Crippen molar-refractivity contribution in [1.82, 2.24) is 0 Å². The third kappa shape index (κ3) is 2.57. The van der Waals surface area contributed by atoms with Crippen molar-refractivity contribution >= 4 is 11.8 Å². The van der Waals surface area contributed by atoms with Crippen LogP contribution in [-0.4, -0.2) is 11.8 Å². The number of furan rings is 1. The van der Waals surface area contributed by atoms with Crippen molar-refractivity contribution in [2.24, 2.45) is 5.73 Å². The first kappa shape index (κ1) is 9.68. The van der Waals surface area contributed by atoms with Gasteiger partial charge in [0.25, 0.3) is 0 Å². The predicted molar refractivity (Wildman–Crippen MR) is 53.3 cm³/mol. The fraction of sp³-hybridized carbons (Fsp3) is 0.556. The van der Waals surface area contributed by atoms with E-state index in [9.17, 15) is 0 Å². The summed E-state index contributed by atoms with van der Waals surface area (Å²) in [6.07, 6.45) is 1.73. The maximum Gasteiger partial charge on any atom is 0.116 e. The van der Waals surface area contributed by atoms with Crippen LogP contribution >= 0.6 is 11.8 Å². The van der Waals surface area contributed by atoms with Crippen LogP contribution in [0.4, 0.5) is 0 Å². The lowest BCUT2D eigenvalue weighted by Gasteiger charge is -2.06. The number of aryl methyl sites for hydroxylation is 1. The van der Waals surface area contributed by atoms with Crippen molar-refractivity contribution in [2.45, 2.75) is 24.9 Å². The molecule has 0 saturated carbocycles. The van der Waals surface area contributed by atoms with E-state index in [1.165, 1.54) is 5.56 Å². The van der Waals surface area contributed by atoms with E-state index >= 15 is 0 Å². The van der Waals surface area contributed by atoms with Gasteiger partial charge in [0.15, 0.2) is 0 Å². The summed E-state index contributed by atoms with van der Waals surface area (Å²) in [7, 11) is 0. The highest BCUT2D eigenvalue weighted by Crippen LogP contribution is 2.19. The van der Waals surface area contributed by atoms with E-state index in [0.717, 1.165) is 18.1 Å². The molecular weight excluding hydrogens is 170 g/mol. The summed E-state index contributed by atoms with van der Waals surface area (Å²) in [5.74, 6) is 2.00. The van der Waals surface area contributed by atoms with E-state index in [4.69, 9.17) is 10.2 Å². The smallest absolute Gasteiger partial charge is 0.116 e. The predicted octanol–water partition coefficient (Wildman–Crippen LogP) is 2.17. The molecule has 0 spiro atoms. The van der Waals surface area contributed by atoms with Crippen LogP contribution in [0.3, 0.4) is 0 Å². The fourth-order valence-electron chi connectivity index (χ4n) is 0.838. The number of hydrogen-bond acceptors (Lipinski definition) is 3. The Morgan fingerprint density at radius 2 is 2.42 bits per heavy atom. The molecule has 0 amide bonds. The van der Waals surface area contributed by atoms with E-state index in [1.54, 1.807) is 6.26 Å². The van der Waals surface area contributed by atoms with Crippen molar-refractivity contribution in [3.8, 4) is 0 Å². The SMILES string of the molecule is Cc1ccoc1CSC(C)CN. The Morgan fingerprint density at radius 3 is 2.92 bits per heavy atom. The number of nitrogens with two attached hydrogens (primary N) is 1. The van der Waals surface area contributed by atoms with Gasteiger partial charge in [-0.05, 0) is 18.6 Å². The van der Waals surface area contributed by atoms with Crippen LogP contribution in [0.2, 0.25) is 0 Å². The normalized spacial score (nSPS) is 13.2. The van der Waals surface area contributed by atoms with Gasteiger partial charge in [-0.3, -0.25) is 0 Å². The van der Waals surface area contributed by atoms with Crippen LogP contribution in [0.25, 0.3) is 0 Å². The van der Waals surface area contributed by atoms with Gasteiger partial charge >= 0.3 is 0 Å². The summed E-state index contributed by atoms with van der Waals surface area (Å²) in [5, 5.41) is 0.509. The molecule has 2 nitrogen and oxygen atoms in total. The van der Waals surface area contributed by atoms with Crippen molar-refractivity contribution in [3.05, 3.63) is 23.7 Å². The van der Waals surface area contributed by atoms with Crippen LogP contribution in [0.5, 0.6) is 0 Å². The second kappa shape index (κ2) is 4.58. The summed E-state index contributed by atoms with van der Waals surface area (Å²) in [4.78, 5) is 0. The zero-order valence-corrected chi connectivity index (χ0v) is 8.36. The van der Waals surface area contributed by atoms with Crippen molar-refractivity contribution in [3.63, 3.8) is 0 Å². The molecule has 1 unspecified atom stereocenters. The Balaban J connectivity index is 2.38. The van der Waals surface area contributed by atoms with Crippen LogP contribution in [0.1, 0.15) is 18.2 Å². The lowest BCUT2D eigenvalue weighted by atomic mass is 10.3. The molecule has 0 bridgehead atoms. The molecule has 1 rings (SSSR count). The molecule has 0 aliphatic rings. The maximum absolute atomic E-state index is 5.50. The second-order valence-electron chi connectivity index (χ2n) is 2.88. The summed E-state index contributed by atoms with van der Waals surface area (Å²) in [6.45, 7) is 4.92. The first-order chi connectivity index (χ1) is 5.74. The summed E-state index contributed by atoms with van der Waals surface area (Å²) >= 11 is 1.83. The molecule has 3 heteroatoms. The Bertz CT molecular complexity index is 234. The molecule has 0 fully saturated rings. The van der Waals surface area contributed by atoms with E-state index in [1.807, 2.05) is 17.8 Å². The van der Waals surface area contributed by atoms with Crippen molar-refractivity contribution in [2.75, 3.05) is 6.54 Å². The van der Waals surface area contributed by atoms with Gasteiger partial charge in [-0.15, -0.1) is 11.8 Å². The van der Waals surface area contributed by atoms with E-state index in [2.05, 4.69) is 13.8 Å². The minimum atomic E-state index is 0.509. The molecule has 1 aromatic heterocycles. The highest BCUT2D eigenvalue weighted by Gasteiger charge is 2.04. The second-order valence-corrected chi connectivity index (χ2v) is 4.31. The van der Waals surface area contributed by atoms with Crippen molar-refractivity contribution in [1.29, 1.82) is 0 Å². The number of thioether (sulfide) groups is 1. The minimum Gasteiger partial charge on any atom is -0.468 e. The first-order valence-electron chi connectivity index (χ1n) is 4.08. The van der Waals surface area contributed by atoms with Gasteiger partial charge in [-0.25, -0.2) is 0 Å². The molecule has 0 aliphatic carbocycles. The van der Waals surface area contributed by atoms with Crippen LogP contribution in [-0.2, 0) is 5.75 Å². The van der Waals surface area contributed by atoms with Gasteiger partial charge in [-0.2, -0.15) is 0 Å². The third-order valence-electron chi connectivity index (χ3n) is 1.80. The molecular formula is C9H15NOS. The summed E-state index contributed by atoms with van der Waals surface area (Å²) in [5.41, 5.74) is 6.73. The lowest BCUT2D eigenvalue weighted by Crippen LogP contribution is -2.12. The molecule has 0 aliphatic heterocycles. The van der Waals surface area contributed by atoms with Crippen LogP contribution in [0.15, 0.2) is 16.7 Å². The molecule has 0 saturated heterocycles. The molecule has 12 heavy (non-hydrogen) atoms. The highest BCUT2D eigenvalue weighted by atomic mass is 32.2. The average Bonchev–Trinajstić information content (AvgIpc) is 2.47. The molecule has 0 aromatic carbocycles. The third-order valence-corrected chi connectivity index (χ3v) is 2.99. The topological polar surface area (TPSA) is 39.2 Å². The lowest BCUT2D eigenvalue weighted by molar-refractivity contribution is 0.527. The Kier molecular flexibility index (Phi) is 3.69. The highest BCUT2D eigenvalue weighted by molar-refractivity contribution is 7.99. The van der Waals surface area contributed by atoms with Crippen LogP contribution < -0.4 is 5.73 Å². The van der Waals surface area contributed by atoms with Gasteiger partial charge < -0.3 is 10.2 Å². The van der Waals surface area contributed by atoms with Gasteiger partial charge in [0.1, 0.15) is 5.76 Å². The molecule has 2 N–H and O–H groups in total. The number of hydrogen-bond donors (Lipinski definition) is 1. The quantitative estimate of drug-likeness (QED) is 0.781. The average molecular weight is 185 g/mol. The van der Waals surface area contributed by atoms with E-state index < -0.39 is 0 Å². The zero-order valence-electron chi connectivity index (χ0n) is 7.54. The monoisotopic (exact) mass is 185 g/mol. The van der Waals surface area contributed by atoms with Gasteiger partial charge in [0.05, 0.1) is 12.0 Å². The van der Waals surface area contributed by atoms with Gasteiger partial charge in [0.2, 0.25) is 0 Å². The molecule has 0 radical (unpaired) electrons. The largest absolute Gasteiger partial charge is 0.468 e. The molecule has 68 valence electrons. The Morgan fingerprint density at radius 1 is 1.67 bits per heavy atom. The summed E-state index contributed by atoms with van der Waals surface area (Å²) in [6, 6.07) is 1.99. The van der Waals surface area contributed by atoms with Crippen LogP contribution in [0, 0.1) is 6.92 Å². The Labute approximate surface area is 77.5 Å². The fourth-order valence-corrected chi connectivity index (χ4v) is 1.71. The molecule has 1 atom stereocenters. The van der Waals surface area contributed by atoms with E-state index in [-0.39, 0.29) is 0 Å². The van der Waals surface area contributed by atoms with Gasteiger partial charge in [-0.1, -0.05) is 6.92 Å². The molecule has 1 heterocycles. The first-order valence-corrected chi connectivity index (χ1v) is 5.13. The zero-order chi connectivity index (χ0) is 8.97. The van der Waals surface area contributed by atoms with E-state index in [0.29, 0.717) is 5.25 Å². The Hall–Kier alpha value is -0.410.